The Hall–Kier alpha value is -2.45. The summed E-state index contributed by atoms with van der Waals surface area (Å²) in [5, 5.41) is 9.57. The van der Waals surface area contributed by atoms with Gasteiger partial charge in [-0.1, -0.05) is 17.7 Å². The van der Waals surface area contributed by atoms with E-state index in [0.717, 1.165) is 4.31 Å². The third kappa shape index (κ3) is 3.42. The number of carboxylic acids is 1. The fraction of sp³-hybridized carbons (Fsp3) is 0.235. The molecular weight excluding hydrogens is 382 g/mol. The highest BCUT2D eigenvalue weighted by Crippen LogP contribution is 2.35. The van der Waals surface area contributed by atoms with Gasteiger partial charge in [-0.05, 0) is 36.8 Å². The summed E-state index contributed by atoms with van der Waals surface area (Å²) in [6.07, 6.45) is 0. The number of nitrogens with zero attached hydrogens (tertiary/aromatic N) is 1. The monoisotopic (exact) mass is 397 g/mol. The van der Waals surface area contributed by atoms with E-state index < -0.39 is 22.5 Å². The number of benzene rings is 2. The van der Waals surface area contributed by atoms with Crippen LogP contribution in [-0.2, 0) is 14.8 Å². The van der Waals surface area contributed by atoms with E-state index in [2.05, 4.69) is 0 Å². The number of carboxylic acid groups (broad SMARTS) is 1. The number of hydrogen-bond acceptors (Lipinski definition) is 5. The van der Waals surface area contributed by atoms with Crippen molar-refractivity contribution in [3.8, 4) is 11.5 Å². The lowest BCUT2D eigenvalue weighted by Crippen LogP contribution is -2.36. The average molecular weight is 398 g/mol. The summed E-state index contributed by atoms with van der Waals surface area (Å²) < 4.78 is 37.9. The first-order valence-corrected chi connectivity index (χ1v) is 9.52. The Morgan fingerprint density at radius 3 is 2.58 bits per heavy atom. The van der Waals surface area contributed by atoms with Crippen molar-refractivity contribution in [2.24, 2.45) is 0 Å². The molecule has 0 spiro atoms. The molecule has 9 heteroatoms. The van der Waals surface area contributed by atoms with Gasteiger partial charge >= 0.3 is 5.97 Å². The molecule has 0 radical (unpaired) electrons. The van der Waals surface area contributed by atoms with Crippen LogP contribution < -0.4 is 13.8 Å². The van der Waals surface area contributed by atoms with Gasteiger partial charge in [0.25, 0.3) is 10.0 Å². The van der Waals surface area contributed by atoms with E-state index in [4.69, 9.17) is 21.1 Å². The maximum atomic E-state index is 13.1. The predicted octanol–water partition coefficient (Wildman–Crippen LogP) is 2.70. The molecular formula is C17H16ClNO6S. The van der Waals surface area contributed by atoms with E-state index in [1.807, 2.05) is 0 Å². The first-order chi connectivity index (χ1) is 12.3. The van der Waals surface area contributed by atoms with Crippen molar-refractivity contribution in [1.82, 2.24) is 0 Å². The molecule has 3 rings (SSSR count). The molecule has 0 unspecified atom stereocenters. The molecule has 0 bridgehead atoms. The van der Waals surface area contributed by atoms with Crippen molar-refractivity contribution in [2.75, 3.05) is 24.1 Å². The number of anilines is 1. The second-order valence-corrected chi connectivity index (χ2v) is 7.86. The Morgan fingerprint density at radius 1 is 1.19 bits per heavy atom. The summed E-state index contributed by atoms with van der Waals surface area (Å²) in [5.41, 5.74) is 0.673. The number of fused-ring (bicyclic) bond motifs is 1. The van der Waals surface area contributed by atoms with Crippen LogP contribution >= 0.6 is 11.6 Å². The highest BCUT2D eigenvalue weighted by atomic mass is 35.5. The summed E-state index contributed by atoms with van der Waals surface area (Å²) in [6, 6.07) is 8.87. The summed E-state index contributed by atoms with van der Waals surface area (Å²) in [4.78, 5) is 11.2. The molecule has 0 aromatic heterocycles. The third-order valence-corrected chi connectivity index (χ3v) is 6.05. The number of sulfonamides is 1. The lowest BCUT2D eigenvalue weighted by atomic mass is 10.2. The number of hydrogen-bond donors (Lipinski definition) is 1. The fourth-order valence-electron chi connectivity index (χ4n) is 2.60. The van der Waals surface area contributed by atoms with Gasteiger partial charge in [0.05, 0.1) is 10.6 Å². The van der Waals surface area contributed by atoms with Crippen LogP contribution in [-0.4, -0.2) is 39.3 Å². The highest BCUT2D eigenvalue weighted by molar-refractivity contribution is 7.92. The zero-order valence-electron chi connectivity index (χ0n) is 13.8. The van der Waals surface area contributed by atoms with Gasteiger partial charge < -0.3 is 14.6 Å². The molecule has 0 aliphatic carbocycles. The van der Waals surface area contributed by atoms with Crippen molar-refractivity contribution in [2.45, 2.75) is 11.8 Å². The summed E-state index contributed by atoms with van der Waals surface area (Å²) in [6.45, 7) is 1.58. The van der Waals surface area contributed by atoms with Crippen molar-refractivity contribution in [3.05, 3.63) is 47.0 Å². The predicted molar refractivity (Wildman–Crippen MR) is 95.8 cm³/mol. The highest BCUT2D eigenvalue weighted by Gasteiger charge is 2.30. The fourth-order valence-corrected chi connectivity index (χ4v) is 4.26. The molecule has 0 fully saturated rings. The lowest BCUT2D eigenvalue weighted by molar-refractivity contribution is -0.135. The van der Waals surface area contributed by atoms with Gasteiger partial charge in [-0.25, -0.2) is 8.42 Å². The largest absolute Gasteiger partial charge is 0.486 e. The molecule has 1 N–H and O–H groups in total. The molecule has 2 aromatic carbocycles. The van der Waals surface area contributed by atoms with E-state index in [9.17, 15) is 18.3 Å². The molecule has 0 saturated heterocycles. The zero-order valence-corrected chi connectivity index (χ0v) is 15.4. The standard InChI is InChI=1S/C17H16ClNO6S/c1-11-13(18)3-2-4-14(11)19(10-17(20)21)26(22,23)12-5-6-15-16(9-12)25-8-7-24-15/h2-6,9H,7-8,10H2,1H3,(H,20,21). The van der Waals surface area contributed by atoms with Crippen LogP contribution in [0.4, 0.5) is 5.69 Å². The Kier molecular flexibility index (Phi) is 4.97. The lowest BCUT2D eigenvalue weighted by Gasteiger charge is -2.25. The van der Waals surface area contributed by atoms with Crippen LogP contribution in [0.15, 0.2) is 41.3 Å². The smallest absolute Gasteiger partial charge is 0.324 e. The molecule has 26 heavy (non-hydrogen) atoms. The van der Waals surface area contributed by atoms with E-state index in [1.54, 1.807) is 19.1 Å². The first-order valence-electron chi connectivity index (χ1n) is 7.70. The summed E-state index contributed by atoms with van der Waals surface area (Å²) in [7, 11) is -4.16. The summed E-state index contributed by atoms with van der Waals surface area (Å²) in [5.74, 6) is -0.542. The van der Waals surface area contributed by atoms with Crippen LogP contribution in [0.5, 0.6) is 11.5 Å². The van der Waals surface area contributed by atoms with Crippen molar-refractivity contribution >= 4 is 33.3 Å². The van der Waals surface area contributed by atoms with E-state index in [0.29, 0.717) is 35.3 Å². The summed E-state index contributed by atoms with van der Waals surface area (Å²) >= 11 is 6.08. The van der Waals surface area contributed by atoms with Gasteiger partial charge in [0.2, 0.25) is 0 Å². The van der Waals surface area contributed by atoms with E-state index >= 15 is 0 Å². The average Bonchev–Trinajstić information content (AvgIpc) is 2.61. The maximum Gasteiger partial charge on any atom is 0.324 e. The van der Waals surface area contributed by atoms with Gasteiger partial charge in [0, 0.05) is 11.1 Å². The minimum atomic E-state index is -4.16. The van der Waals surface area contributed by atoms with E-state index in [-0.39, 0.29) is 10.6 Å². The number of rotatable bonds is 5. The quantitative estimate of drug-likeness (QED) is 0.833. The molecule has 1 aliphatic heterocycles. The Morgan fingerprint density at radius 2 is 1.88 bits per heavy atom. The van der Waals surface area contributed by atoms with Gasteiger partial charge in [-0.15, -0.1) is 0 Å². The Balaban J connectivity index is 2.10. The Bertz CT molecular complexity index is 960. The molecule has 1 heterocycles. The molecule has 0 saturated carbocycles. The van der Waals surface area contributed by atoms with Crippen LogP contribution in [0.3, 0.4) is 0 Å². The minimum absolute atomic E-state index is 0.0950. The molecule has 0 atom stereocenters. The maximum absolute atomic E-state index is 13.1. The van der Waals surface area contributed by atoms with Crippen LogP contribution in [0, 0.1) is 6.92 Å². The second kappa shape index (κ2) is 7.05. The zero-order chi connectivity index (χ0) is 18.9. The molecule has 138 valence electrons. The van der Waals surface area contributed by atoms with E-state index in [1.165, 1.54) is 24.3 Å². The van der Waals surface area contributed by atoms with Crippen molar-refractivity contribution in [3.63, 3.8) is 0 Å². The number of halogens is 1. The number of aliphatic carboxylic acids is 1. The first kappa shape index (κ1) is 18.3. The van der Waals surface area contributed by atoms with Crippen molar-refractivity contribution in [1.29, 1.82) is 0 Å². The second-order valence-electron chi connectivity index (χ2n) is 5.59. The molecule has 7 nitrogen and oxygen atoms in total. The molecule has 2 aromatic rings. The van der Waals surface area contributed by atoms with Gasteiger partial charge in [0.15, 0.2) is 11.5 Å². The van der Waals surface area contributed by atoms with Crippen LogP contribution in [0.25, 0.3) is 0 Å². The minimum Gasteiger partial charge on any atom is -0.486 e. The molecule has 1 aliphatic rings. The number of ether oxygens (including phenoxy) is 2. The van der Waals surface area contributed by atoms with Gasteiger partial charge in [0.1, 0.15) is 19.8 Å². The topological polar surface area (TPSA) is 93.1 Å². The SMILES string of the molecule is Cc1c(Cl)cccc1N(CC(=O)O)S(=O)(=O)c1ccc2c(c1)OCCO2. The number of carbonyl (C=O) groups is 1. The molecule has 0 amide bonds. The normalized spacial score (nSPS) is 13.3. The van der Waals surface area contributed by atoms with Crippen LogP contribution in [0.1, 0.15) is 5.56 Å². The Labute approximate surface area is 155 Å². The van der Waals surface area contributed by atoms with Gasteiger partial charge in [-0.2, -0.15) is 0 Å². The third-order valence-electron chi connectivity index (χ3n) is 3.89. The van der Waals surface area contributed by atoms with Gasteiger partial charge in [-0.3, -0.25) is 9.10 Å². The van der Waals surface area contributed by atoms with Crippen molar-refractivity contribution < 1.29 is 27.8 Å². The van der Waals surface area contributed by atoms with Crippen LogP contribution in [0.2, 0.25) is 5.02 Å².